The minimum absolute atomic E-state index is 0.0799. The summed E-state index contributed by atoms with van der Waals surface area (Å²) in [6, 6.07) is 0. The van der Waals surface area contributed by atoms with Gasteiger partial charge in [0.25, 0.3) is 0 Å². The molecule has 0 aromatic heterocycles. The van der Waals surface area contributed by atoms with Gasteiger partial charge >= 0.3 is 0 Å². The molecule has 0 aromatic rings. The van der Waals surface area contributed by atoms with Gasteiger partial charge in [0.1, 0.15) is 0 Å². The maximum atomic E-state index is 10.8. The van der Waals surface area contributed by atoms with Crippen LogP contribution < -0.4 is 0 Å². The number of aliphatic hydroxyl groups excluding tert-OH is 2. The Balaban J connectivity index is 1.69. The van der Waals surface area contributed by atoms with Crippen LogP contribution in [0.5, 0.6) is 0 Å². The van der Waals surface area contributed by atoms with Gasteiger partial charge in [-0.25, -0.2) is 0 Å². The molecule has 0 aromatic carbocycles. The third-order valence-electron chi connectivity index (χ3n) is 9.66. The van der Waals surface area contributed by atoms with Gasteiger partial charge in [-0.15, -0.1) is 0 Å². The van der Waals surface area contributed by atoms with E-state index in [0.717, 1.165) is 49.2 Å². The molecule has 3 nitrogen and oxygen atoms in total. The molecule has 3 aliphatic carbocycles. The summed E-state index contributed by atoms with van der Waals surface area (Å²) in [5.41, 5.74) is 3.21. The second kappa shape index (κ2) is 11.4. The van der Waals surface area contributed by atoms with E-state index in [1.54, 1.807) is 5.57 Å². The van der Waals surface area contributed by atoms with Crippen molar-refractivity contribution in [3.05, 3.63) is 35.5 Å². The molecule has 0 spiro atoms. The number of rotatable bonds is 9. The summed E-state index contributed by atoms with van der Waals surface area (Å²) in [6.45, 7) is 15.2. The van der Waals surface area contributed by atoms with Gasteiger partial charge in [-0.2, -0.15) is 0 Å². The second-order valence-electron chi connectivity index (χ2n) is 12.8. The van der Waals surface area contributed by atoms with Crippen LogP contribution in [0.1, 0.15) is 112 Å². The quantitative estimate of drug-likeness (QED) is 0.335. The monoisotopic (exact) mass is 472 g/mol. The Morgan fingerprint density at radius 3 is 2.59 bits per heavy atom. The van der Waals surface area contributed by atoms with E-state index < -0.39 is 17.8 Å². The Labute approximate surface area is 209 Å². The minimum atomic E-state index is -0.628. The molecule has 3 heteroatoms. The van der Waals surface area contributed by atoms with Gasteiger partial charge in [0.15, 0.2) is 0 Å². The maximum Gasteiger partial charge on any atom is 0.0839 e. The summed E-state index contributed by atoms with van der Waals surface area (Å²) < 4.78 is 0. The number of aliphatic hydroxyl groups is 3. The van der Waals surface area contributed by atoms with Crippen LogP contribution in [0.3, 0.4) is 0 Å². The lowest BCUT2D eigenvalue weighted by molar-refractivity contribution is 0.0131. The van der Waals surface area contributed by atoms with Gasteiger partial charge in [0.2, 0.25) is 0 Å². The average Bonchev–Trinajstić information content (AvgIpc) is 3.12. The minimum Gasteiger partial charge on any atom is -0.392 e. The first-order valence-corrected chi connectivity index (χ1v) is 14.1. The number of hydrogen-bond donors (Lipinski definition) is 3. The lowest BCUT2D eigenvalue weighted by Gasteiger charge is -2.44. The van der Waals surface area contributed by atoms with Crippen LogP contribution in [0.15, 0.2) is 35.5 Å². The molecule has 0 aliphatic heterocycles. The topological polar surface area (TPSA) is 60.7 Å². The van der Waals surface area contributed by atoms with Gasteiger partial charge < -0.3 is 15.3 Å². The Kier molecular flexibility index (Phi) is 9.31. The molecule has 3 N–H and O–H groups in total. The number of allylic oxidation sites excluding steroid dienone is 3. The normalized spacial score (nSPS) is 37.9. The van der Waals surface area contributed by atoms with Crippen molar-refractivity contribution >= 4 is 0 Å². The molecular formula is C31H52O3. The molecule has 7 atom stereocenters. The van der Waals surface area contributed by atoms with Gasteiger partial charge in [0.05, 0.1) is 17.8 Å². The van der Waals surface area contributed by atoms with Crippen molar-refractivity contribution in [2.24, 2.45) is 29.1 Å². The predicted molar refractivity (Wildman–Crippen MR) is 142 cm³/mol. The predicted octanol–water partition coefficient (Wildman–Crippen LogP) is 7.12. The lowest BCUT2D eigenvalue weighted by atomic mass is 9.60. The van der Waals surface area contributed by atoms with Crippen molar-refractivity contribution in [2.45, 2.75) is 129 Å². The van der Waals surface area contributed by atoms with Crippen molar-refractivity contribution in [2.75, 3.05) is 0 Å². The molecule has 3 rings (SSSR count). The van der Waals surface area contributed by atoms with Crippen LogP contribution >= 0.6 is 0 Å². The van der Waals surface area contributed by atoms with E-state index >= 15 is 0 Å². The number of fused-ring (bicyclic) bond motifs is 1. The highest BCUT2D eigenvalue weighted by Crippen LogP contribution is 2.60. The zero-order chi connectivity index (χ0) is 25.1. The molecule has 0 bridgehead atoms. The van der Waals surface area contributed by atoms with Crippen LogP contribution in [0.25, 0.3) is 0 Å². The molecule has 0 heterocycles. The van der Waals surface area contributed by atoms with E-state index in [1.165, 1.54) is 38.5 Å². The van der Waals surface area contributed by atoms with Crippen molar-refractivity contribution in [3.63, 3.8) is 0 Å². The Hall–Kier alpha value is -0.900. The van der Waals surface area contributed by atoms with Crippen molar-refractivity contribution in [1.82, 2.24) is 0 Å². The summed E-state index contributed by atoms with van der Waals surface area (Å²) in [6.07, 6.45) is 16.5. The highest BCUT2D eigenvalue weighted by atomic mass is 16.3. The number of unbranched alkanes of at least 4 members (excludes halogenated alkanes) is 1. The van der Waals surface area contributed by atoms with Gasteiger partial charge in [-0.1, -0.05) is 70.8 Å². The van der Waals surface area contributed by atoms with Crippen molar-refractivity contribution < 1.29 is 15.3 Å². The third kappa shape index (κ3) is 6.26. The number of hydrogen-bond acceptors (Lipinski definition) is 3. The summed E-state index contributed by atoms with van der Waals surface area (Å²) >= 11 is 0. The van der Waals surface area contributed by atoms with Crippen LogP contribution in [0, 0.1) is 29.1 Å². The highest BCUT2D eigenvalue weighted by molar-refractivity contribution is 5.39. The Morgan fingerprint density at radius 2 is 1.91 bits per heavy atom. The van der Waals surface area contributed by atoms with E-state index in [1.807, 2.05) is 13.8 Å². The fourth-order valence-corrected chi connectivity index (χ4v) is 7.61. The molecule has 34 heavy (non-hydrogen) atoms. The first-order chi connectivity index (χ1) is 16.0. The van der Waals surface area contributed by atoms with E-state index in [2.05, 4.69) is 39.5 Å². The molecule has 0 amide bonds. The Bertz CT molecular complexity index is 757. The van der Waals surface area contributed by atoms with Crippen LogP contribution in [0.2, 0.25) is 0 Å². The summed E-state index contributed by atoms with van der Waals surface area (Å²) in [5.74, 6) is 2.01. The second-order valence-corrected chi connectivity index (χ2v) is 12.8. The molecule has 3 saturated carbocycles. The lowest BCUT2D eigenvalue weighted by Crippen LogP contribution is -2.38. The van der Waals surface area contributed by atoms with E-state index in [9.17, 15) is 15.3 Å². The van der Waals surface area contributed by atoms with Crippen molar-refractivity contribution in [1.29, 1.82) is 0 Å². The first kappa shape index (κ1) is 27.7. The zero-order valence-electron chi connectivity index (χ0n) is 22.7. The SMILES string of the molecule is C=C1/C(=C\C=C2/CCC[C@]3(C)[C@@H]([C@H](C)CCCC(C)(C)O)CC[C@@H]23)C[C@@H](O)[C@H](CCCC)[C@@H]1O. The summed E-state index contributed by atoms with van der Waals surface area (Å²) in [4.78, 5) is 0. The smallest absolute Gasteiger partial charge is 0.0839 e. The molecular weight excluding hydrogens is 420 g/mol. The van der Waals surface area contributed by atoms with Crippen LogP contribution in [0.4, 0.5) is 0 Å². The highest BCUT2D eigenvalue weighted by Gasteiger charge is 2.50. The van der Waals surface area contributed by atoms with E-state index in [0.29, 0.717) is 23.7 Å². The average molecular weight is 473 g/mol. The fraction of sp³-hybridized carbons (Fsp3) is 0.806. The van der Waals surface area contributed by atoms with E-state index in [4.69, 9.17) is 0 Å². The molecule has 194 valence electrons. The first-order valence-electron chi connectivity index (χ1n) is 14.1. The van der Waals surface area contributed by atoms with E-state index in [-0.39, 0.29) is 5.92 Å². The van der Waals surface area contributed by atoms with Crippen LogP contribution in [-0.4, -0.2) is 33.1 Å². The fourth-order valence-electron chi connectivity index (χ4n) is 7.61. The maximum absolute atomic E-state index is 10.8. The standard InChI is InChI=1S/C31H52O3/c1-7-8-13-25-28(32)20-24(22(3)29(25)33)15-14-23-12-10-19-31(6)26(16-17-27(23)31)21(2)11-9-18-30(4,5)34/h14-15,21,25-29,32-34H,3,7-13,16-20H2,1-2,4-6H3/b23-14+,24-15-/t21-,25+,26-,27+,28-,29-,31-/m1/s1. The van der Waals surface area contributed by atoms with Crippen molar-refractivity contribution in [3.8, 4) is 0 Å². The summed E-state index contributed by atoms with van der Waals surface area (Å²) in [5, 5.41) is 31.6. The molecule has 0 radical (unpaired) electrons. The van der Waals surface area contributed by atoms with Gasteiger partial charge in [-0.05, 0) is 99.5 Å². The Morgan fingerprint density at radius 1 is 1.18 bits per heavy atom. The molecule has 3 aliphatic rings. The zero-order valence-corrected chi connectivity index (χ0v) is 22.7. The van der Waals surface area contributed by atoms with Gasteiger partial charge in [-0.3, -0.25) is 0 Å². The molecule has 0 unspecified atom stereocenters. The largest absolute Gasteiger partial charge is 0.392 e. The molecule has 0 saturated heterocycles. The summed E-state index contributed by atoms with van der Waals surface area (Å²) in [7, 11) is 0. The third-order valence-corrected chi connectivity index (χ3v) is 9.66. The molecule has 3 fully saturated rings. The van der Waals surface area contributed by atoms with Gasteiger partial charge in [0, 0.05) is 5.92 Å². The van der Waals surface area contributed by atoms with Crippen LogP contribution in [-0.2, 0) is 0 Å².